The smallest absolute Gasteiger partial charge is 0.310 e. The van der Waals surface area contributed by atoms with Gasteiger partial charge in [-0.2, -0.15) is 0 Å². The van der Waals surface area contributed by atoms with E-state index in [0.717, 1.165) is 16.7 Å². The lowest BCUT2D eigenvalue weighted by Crippen LogP contribution is -2.05. The maximum absolute atomic E-state index is 11.0. The zero-order chi connectivity index (χ0) is 10.7. The molecular weight excluding hydrogens is 200 g/mol. The fraction of sp³-hybridized carbons (Fsp3) is 0.364. The minimum atomic E-state index is -0.268. The van der Waals surface area contributed by atoms with E-state index in [4.69, 9.17) is 11.6 Å². The lowest BCUT2D eigenvalue weighted by Gasteiger charge is -2.08. The SMILES string of the molecule is COC(=O)Cc1ccc(C)c(C)c1Cl. The molecule has 0 spiro atoms. The molecule has 0 amide bonds. The highest BCUT2D eigenvalue weighted by Crippen LogP contribution is 2.24. The van der Waals surface area contributed by atoms with Crippen molar-refractivity contribution in [2.75, 3.05) is 7.11 Å². The number of hydrogen-bond donors (Lipinski definition) is 0. The highest BCUT2D eigenvalue weighted by molar-refractivity contribution is 6.32. The molecule has 1 rings (SSSR count). The summed E-state index contributed by atoms with van der Waals surface area (Å²) in [6.07, 6.45) is 0.233. The van der Waals surface area contributed by atoms with E-state index in [-0.39, 0.29) is 12.4 Å². The van der Waals surface area contributed by atoms with Crippen LogP contribution in [0.1, 0.15) is 16.7 Å². The third kappa shape index (κ3) is 2.26. The van der Waals surface area contributed by atoms with Crippen LogP contribution < -0.4 is 0 Å². The first-order valence-electron chi connectivity index (χ1n) is 4.37. The Hall–Kier alpha value is -1.02. The fourth-order valence-electron chi connectivity index (χ4n) is 1.20. The van der Waals surface area contributed by atoms with Crippen molar-refractivity contribution in [3.05, 3.63) is 33.8 Å². The number of methoxy groups -OCH3 is 1. The molecule has 14 heavy (non-hydrogen) atoms. The molecule has 0 aliphatic rings. The summed E-state index contributed by atoms with van der Waals surface area (Å²) in [5, 5.41) is 0.662. The molecule has 1 aromatic carbocycles. The zero-order valence-corrected chi connectivity index (χ0v) is 9.31. The van der Waals surface area contributed by atoms with Gasteiger partial charge in [0.25, 0.3) is 0 Å². The molecule has 76 valence electrons. The maximum atomic E-state index is 11.0. The molecule has 0 saturated heterocycles. The van der Waals surface area contributed by atoms with Crippen LogP contribution in [0.25, 0.3) is 0 Å². The number of halogens is 1. The van der Waals surface area contributed by atoms with E-state index in [0.29, 0.717) is 5.02 Å². The second-order valence-electron chi connectivity index (χ2n) is 3.23. The van der Waals surface area contributed by atoms with Gasteiger partial charge in [-0.1, -0.05) is 23.7 Å². The van der Waals surface area contributed by atoms with E-state index >= 15 is 0 Å². The summed E-state index contributed by atoms with van der Waals surface area (Å²) < 4.78 is 4.58. The van der Waals surface area contributed by atoms with Gasteiger partial charge >= 0.3 is 5.97 Å². The molecule has 2 nitrogen and oxygen atoms in total. The second-order valence-corrected chi connectivity index (χ2v) is 3.61. The van der Waals surface area contributed by atoms with Crippen molar-refractivity contribution < 1.29 is 9.53 Å². The van der Waals surface area contributed by atoms with Gasteiger partial charge in [0.1, 0.15) is 0 Å². The first kappa shape index (κ1) is 11.1. The molecule has 0 N–H and O–H groups in total. The molecule has 1 aromatic rings. The van der Waals surface area contributed by atoms with Crippen molar-refractivity contribution in [3.63, 3.8) is 0 Å². The van der Waals surface area contributed by atoms with E-state index in [1.165, 1.54) is 7.11 Å². The maximum Gasteiger partial charge on any atom is 0.310 e. The molecule has 0 heterocycles. The predicted octanol–water partition coefficient (Wildman–Crippen LogP) is 2.67. The van der Waals surface area contributed by atoms with Crippen LogP contribution in [0.3, 0.4) is 0 Å². The molecule has 0 unspecified atom stereocenters. The van der Waals surface area contributed by atoms with E-state index in [9.17, 15) is 4.79 Å². The van der Waals surface area contributed by atoms with E-state index in [1.54, 1.807) is 0 Å². The highest BCUT2D eigenvalue weighted by atomic mass is 35.5. The van der Waals surface area contributed by atoms with Crippen molar-refractivity contribution in [3.8, 4) is 0 Å². The van der Waals surface area contributed by atoms with Crippen LogP contribution in [0, 0.1) is 13.8 Å². The summed E-state index contributed by atoms with van der Waals surface area (Å²) in [5.41, 5.74) is 2.97. The average molecular weight is 213 g/mol. The molecule has 0 aliphatic carbocycles. The number of ether oxygens (including phenoxy) is 1. The Morgan fingerprint density at radius 1 is 1.43 bits per heavy atom. The van der Waals surface area contributed by atoms with Gasteiger partial charge < -0.3 is 4.74 Å². The van der Waals surface area contributed by atoms with Gasteiger partial charge in [-0.15, -0.1) is 0 Å². The number of hydrogen-bond acceptors (Lipinski definition) is 2. The Labute approximate surface area is 88.8 Å². The van der Waals surface area contributed by atoms with E-state index in [2.05, 4.69) is 4.74 Å². The van der Waals surface area contributed by atoms with Crippen LogP contribution >= 0.6 is 11.6 Å². The molecule has 0 radical (unpaired) electrons. The fourth-order valence-corrected chi connectivity index (χ4v) is 1.48. The Balaban J connectivity index is 3.00. The van der Waals surface area contributed by atoms with Crippen molar-refractivity contribution in [2.45, 2.75) is 20.3 Å². The van der Waals surface area contributed by atoms with Crippen LogP contribution in [0.2, 0.25) is 5.02 Å². The summed E-state index contributed by atoms with van der Waals surface area (Å²) in [5.74, 6) is -0.268. The first-order chi connectivity index (χ1) is 6.56. The van der Waals surface area contributed by atoms with Gasteiger partial charge in [-0.25, -0.2) is 0 Å². The van der Waals surface area contributed by atoms with E-state index in [1.807, 2.05) is 26.0 Å². The molecule has 0 bridgehead atoms. The molecule has 0 aromatic heterocycles. The van der Waals surface area contributed by atoms with Gasteiger partial charge in [0.2, 0.25) is 0 Å². The van der Waals surface area contributed by atoms with Gasteiger partial charge in [0, 0.05) is 5.02 Å². The number of rotatable bonds is 2. The molecule has 0 atom stereocenters. The highest BCUT2D eigenvalue weighted by Gasteiger charge is 2.09. The van der Waals surface area contributed by atoms with Crippen LogP contribution in [0.4, 0.5) is 0 Å². The molecule has 0 saturated carbocycles. The monoisotopic (exact) mass is 212 g/mol. The topological polar surface area (TPSA) is 26.3 Å². The zero-order valence-electron chi connectivity index (χ0n) is 8.56. The number of benzene rings is 1. The van der Waals surface area contributed by atoms with Crippen LogP contribution in [0.5, 0.6) is 0 Å². The minimum Gasteiger partial charge on any atom is -0.469 e. The Morgan fingerprint density at radius 3 is 2.64 bits per heavy atom. The van der Waals surface area contributed by atoms with Crippen LogP contribution in [-0.4, -0.2) is 13.1 Å². The Bertz CT molecular complexity index is 359. The molecule has 3 heteroatoms. The minimum absolute atomic E-state index is 0.233. The Morgan fingerprint density at radius 2 is 2.07 bits per heavy atom. The first-order valence-corrected chi connectivity index (χ1v) is 4.75. The van der Waals surface area contributed by atoms with Crippen molar-refractivity contribution in [1.29, 1.82) is 0 Å². The average Bonchev–Trinajstić information content (AvgIpc) is 2.19. The summed E-state index contributed by atoms with van der Waals surface area (Å²) in [4.78, 5) is 11.0. The summed E-state index contributed by atoms with van der Waals surface area (Å²) in [6, 6.07) is 3.82. The normalized spacial score (nSPS) is 10.0. The van der Waals surface area contributed by atoms with Gasteiger partial charge in [-0.3, -0.25) is 4.79 Å². The number of esters is 1. The number of carbonyl (C=O) groups excluding carboxylic acids is 1. The Kier molecular flexibility index (Phi) is 3.53. The van der Waals surface area contributed by atoms with Crippen molar-refractivity contribution >= 4 is 17.6 Å². The van der Waals surface area contributed by atoms with E-state index < -0.39 is 0 Å². The lowest BCUT2D eigenvalue weighted by molar-refractivity contribution is -0.139. The van der Waals surface area contributed by atoms with Crippen molar-refractivity contribution in [2.24, 2.45) is 0 Å². The molecule has 0 fully saturated rings. The summed E-state index contributed by atoms with van der Waals surface area (Å²) in [7, 11) is 1.37. The lowest BCUT2D eigenvalue weighted by atomic mass is 10.0. The van der Waals surface area contributed by atoms with Gasteiger partial charge in [-0.05, 0) is 30.5 Å². The summed E-state index contributed by atoms with van der Waals surface area (Å²) in [6.45, 7) is 3.93. The summed E-state index contributed by atoms with van der Waals surface area (Å²) >= 11 is 6.09. The van der Waals surface area contributed by atoms with Gasteiger partial charge in [0.15, 0.2) is 0 Å². The van der Waals surface area contributed by atoms with Crippen molar-refractivity contribution in [1.82, 2.24) is 0 Å². The second kappa shape index (κ2) is 4.47. The largest absolute Gasteiger partial charge is 0.469 e. The molecular formula is C11H13ClO2. The quantitative estimate of drug-likeness (QED) is 0.705. The number of aryl methyl sites for hydroxylation is 1. The predicted molar refractivity (Wildman–Crippen MR) is 56.6 cm³/mol. The number of carbonyl (C=O) groups is 1. The third-order valence-corrected chi connectivity index (χ3v) is 2.83. The standard InChI is InChI=1S/C11H13ClO2/c1-7-4-5-9(6-10(13)14-3)11(12)8(7)2/h4-5H,6H2,1-3H3. The van der Waals surface area contributed by atoms with Crippen LogP contribution in [0.15, 0.2) is 12.1 Å². The van der Waals surface area contributed by atoms with Crippen LogP contribution in [-0.2, 0) is 16.0 Å². The van der Waals surface area contributed by atoms with Gasteiger partial charge in [0.05, 0.1) is 13.5 Å². The molecule has 0 aliphatic heterocycles. The third-order valence-electron chi connectivity index (χ3n) is 2.30.